The van der Waals surface area contributed by atoms with Gasteiger partial charge < -0.3 is 89.3 Å². The fraction of sp³-hybridized carbons (Fsp3) is 0.909. The number of hydrogen-bond acceptors (Lipinski definition) is 16. The number of ether oxygens (including phenoxy) is 4. The third kappa shape index (κ3) is 7.77. The fourth-order valence-corrected chi connectivity index (χ4v) is 5.03. The van der Waals surface area contributed by atoms with Gasteiger partial charge in [-0.1, -0.05) is 0 Å². The van der Waals surface area contributed by atoms with Crippen molar-refractivity contribution < 1.29 is 54.4 Å². The normalized spacial score (nSPS) is 43.9. The molecule has 0 radical (unpaired) electrons. The Labute approximate surface area is 235 Å². The van der Waals surface area contributed by atoms with Crippen LogP contribution in [0.2, 0.25) is 0 Å². The van der Waals surface area contributed by atoms with Crippen LogP contribution in [0.4, 0.5) is 0 Å². The number of amides is 1. The Bertz CT molecular complexity index is 886. The first-order chi connectivity index (χ1) is 19.3. The first-order valence-corrected chi connectivity index (χ1v) is 13.3. The maximum absolute atomic E-state index is 12.5. The van der Waals surface area contributed by atoms with Crippen molar-refractivity contribution in [2.45, 2.75) is 105 Å². The average molecular weight is 597 g/mol. The van der Waals surface area contributed by atoms with Crippen LogP contribution in [0.15, 0.2) is 4.99 Å². The Kier molecular flexibility index (Phi) is 12.0. The fourth-order valence-electron chi connectivity index (χ4n) is 5.03. The Hall–Kier alpha value is -1.82. The molecule has 2 heterocycles. The minimum atomic E-state index is -1.62. The SMILES string of the molecule is NCCC(O)C(=O)NC1CC(N)C(OC2OC(CN)C(O)C(O)C2N)C(OC2OC(CN=C(N)N)C(O)C2O)C1O. The molecule has 1 aliphatic carbocycles. The first-order valence-electron chi connectivity index (χ1n) is 13.3. The van der Waals surface area contributed by atoms with Crippen molar-refractivity contribution in [1.82, 2.24) is 5.32 Å². The van der Waals surface area contributed by atoms with Gasteiger partial charge >= 0.3 is 0 Å². The summed E-state index contributed by atoms with van der Waals surface area (Å²) in [6.07, 6.45) is -16.8. The maximum atomic E-state index is 12.5. The molecule has 3 rings (SSSR count). The summed E-state index contributed by atoms with van der Waals surface area (Å²) >= 11 is 0. The third-order valence-electron chi connectivity index (χ3n) is 7.43. The van der Waals surface area contributed by atoms with Crippen LogP contribution in [0.25, 0.3) is 0 Å². The minimum absolute atomic E-state index is 0.0308. The summed E-state index contributed by atoms with van der Waals surface area (Å²) in [5.41, 5.74) is 34.1. The van der Waals surface area contributed by atoms with E-state index in [1.807, 2.05) is 0 Å². The smallest absolute Gasteiger partial charge is 0.249 e. The van der Waals surface area contributed by atoms with Crippen molar-refractivity contribution >= 4 is 11.9 Å². The molecular weight excluding hydrogens is 552 g/mol. The van der Waals surface area contributed by atoms with Gasteiger partial charge in [0.2, 0.25) is 5.91 Å². The van der Waals surface area contributed by atoms with Gasteiger partial charge in [0.05, 0.1) is 18.6 Å². The second-order valence-corrected chi connectivity index (χ2v) is 10.4. The van der Waals surface area contributed by atoms with Crippen molar-refractivity contribution in [2.75, 3.05) is 19.6 Å². The third-order valence-corrected chi connectivity index (χ3v) is 7.43. The summed E-state index contributed by atoms with van der Waals surface area (Å²) in [6.45, 7) is -0.355. The van der Waals surface area contributed by atoms with Crippen LogP contribution < -0.4 is 39.7 Å². The Morgan fingerprint density at radius 2 is 1.51 bits per heavy atom. The molecule has 0 bridgehead atoms. The lowest BCUT2D eigenvalue weighted by atomic mass is 9.83. The number of nitrogens with two attached hydrogens (primary N) is 6. The van der Waals surface area contributed by atoms with E-state index in [4.69, 9.17) is 53.3 Å². The zero-order valence-corrected chi connectivity index (χ0v) is 22.3. The summed E-state index contributed by atoms with van der Waals surface area (Å²) < 4.78 is 23.1. The zero-order chi connectivity index (χ0) is 30.6. The van der Waals surface area contributed by atoms with Gasteiger partial charge in [0.25, 0.3) is 0 Å². The van der Waals surface area contributed by atoms with E-state index in [2.05, 4.69) is 10.3 Å². The van der Waals surface area contributed by atoms with Gasteiger partial charge in [-0.2, -0.15) is 0 Å². The number of aliphatic imine (C=N–C) groups is 1. The molecule has 2 aliphatic heterocycles. The molecular formula is C22H44N8O11. The number of aliphatic hydroxyl groups excluding tert-OH is 6. The number of guanidine groups is 1. The molecule has 238 valence electrons. The van der Waals surface area contributed by atoms with Gasteiger partial charge in [0, 0.05) is 12.6 Å². The van der Waals surface area contributed by atoms with E-state index in [1.165, 1.54) is 0 Å². The Balaban J connectivity index is 1.85. The summed E-state index contributed by atoms with van der Waals surface area (Å²) in [7, 11) is 0. The average Bonchev–Trinajstić information content (AvgIpc) is 3.19. The molecule has 19 nitrogen and oxygen atoms in total. The van der Waals surface area contributed by atoms with Crippen molar-refractivity contribution in [1.29, 1.82) is 0 Å². The van der Waals surface area contributed by atoms with Crippen molar-refractivity contribution in [2.24, 2.45) is 39.4 Å². The molecule has 15 unspecified atom stereocenters. The van der Waals surface area contributed by atoms with Crippen LogP contribution in [-0.2, 0) is 23.7 Å². The van der Waals surface area contributed by atoms with Crippen LogP contribution in [0, 0.1) is 0 Å². The second-order valence-electron chi connectivity index (χ2n) is 10.4. The molecule has 1 amide bonds. The van der Waals surface area contributed by atoms with E-state index in [0.717, 1.165) is 0 Å². The molecule has 41 heavy (non-hydrogen) atoms. The van der Waals surface area contributed by atoms with E-state index in [9.17, 15) is 35.4 Å². The Morgan fingerprint density at radius 1 is 0.902 bits per heavy atom. The van der Waals surface area contributed by atoms with E-state index < -0.39 is 97.7 Å². The van der Waals surface area contributed by atoms with Crippen molar-refractivity contribution in [3.63, 3.8) is 0 Å². The van der Waals surface area contributed by atoms with E-state index >= 15 is 0 Å². The van der Waals surface area contributed by atoms with Crippen LogP contribution in [0.5, 0.6) is 0 Å². The minimum Gasteiger partial charge on any atom is -0.388 e. The number of aliphatic hydroxyl groups is 6. The van der Waals surface area contributed by atoms with Crippen molar-refractivity contribution in [3.05, 3.63) is 0 Å². The van der Waals surface area contributed by atoms with E-state index in [1.54, 1.807) is 0 Å². The molecule has 2 saturated heterocycles. The van der Waals surface area contributed by atoms with Crippen LogP contribution in [-0.4, -0.2) is 154 Å². The molecule has 0 aromatic rings. The van der Waals surface area contributed by atoms with Gasteiger partial charge in [-0.25, -0.2) is 0 Å². The monoisotopic (exact) mass is 596 g/mol. The number of rotatable bonds is 11. The van der Waals surface area contributed by atoms with Gasteiger partial charge in [-0.15, -0.1) is 0 Å². The Morgan fingerprint density at radius 3 is 2.12 bits per heavy atom. The molecule has 0 spiro atoms. The van der Waals surface area contributed by atoms with Gasteiger partial charge in [-0.05, 0) is 19.4 Å². The highest BCUT2D eigenvalue weighted by molar-refractivity contribution is 5.80. The topological polar surface area (TPSA) is 356 Å². The molecule has 15 atom stereocenters. The number of carbonyl (C=O) groups excluding carboxylic acids is 1. The molecule has 3 fully saturated rings. The largest absolute Gasteiger partial charge is 0.388 e. The molecule has 0 aromatic heterocycles. The number of carbonyl (C=O) groups is 1. The number of nitrogens with zero attached hydrogens (tertiary/aromatic N) is 1. The summed E-state index contributed by atoms with van der Waals surface area (Å²) in [4.78, 5) is 16.2. The lowest BCUT2D eigenvalue weighted by molar-refractivity contribution is -0.306. The van der Waals surface area contributed by atoms with Crippen LogP contribution in [0.1, 0.15) is 12.8 Å². The second kappa shape index (κ2) is 14.6. The van der Waals surface area contributed by atoms with Gasteiger partial charge in [-0.3, -0.25) is 9.79 Å². The predicted molar refractivity (Wildman–Crippen MR) is 139 cm³/mol. The molecule has 1 saturated carbocycles. The molecule has 3 aliphatic rings. The maximum Gasteiger partial charge on any atom is 0.249 e. The van der Waals surface area contributed by atoms with Crippen molar-refractivity contribution in [3.8, 4) is 0 Å². The highest BCUT2D eigenvalue weighted by Crippen LogP contribution is 2.32. The van der Waals surface area contributed by atoms with E-state index in [-0.39, 0.29) is 38.4 Å². The van der Waals surface area contributed by atoms with Crippen LogP contribution >= 0.6 is 0 Å². The lowest BCUT2D eigenvalue weighted by Crippen LogP contribution is -2.69. The summed E-state index contributed by atoms with van der Waals surface area (Å²) in [6, 6.07) is -3.32. The molecule has 0 aromatic carbocycles. The molecule has 19 heteroatoms. The zero-order valence-electron chi connectivity index (χ0n) is 22.3. The van der Waals surface area contributed by atoms with Gasteiger partial charge in [0.15, 0.2) is 18.5 Å². The number of hydrogen-bond donors (Lipinski definition) is 13. The van der Waals surface area contributed by atoms with Crippen LogP contribution in [0.3, 0.4) is 0 Å². The van der Waals surface area contributed by atoms with Gasteiger partial charge in [0.1, 0.15) is 61.0 Å². The molecule has 19 N–H and O–H groups in total. The lowest BCUT2D eigenvalue weighted by Gasteiger charge is -2.48. The number of nitrogens with one attached hydrogen (secondary N) is 1. The first kappa shape index (κ1) is 33.7. The highest BCUT2D eigenvalue weighted by Gasteiger charge is 2.53. The quantitative estimate of drug-likeness (QED) is 0.0777. The summed E-state index contributed by atoms with van der Waals surface area (Å²) in [5, 5.41) is 65.4. The standard InChI is InChI=1S/C22H44N8O11/c23-2-1-8(31)19(37)30-7-3-6(25)17(40-20-11(26)15(35)13(33)9(4-24)38-20)18(12(7)32)41-21-16(36)14(34)10(39-21)5-29-22(27)28/h6-18,20-21,31-36H,1-5,23-26H2,(H,30,37)(H4,27,28,29). The summed E-state index contributed by atoms with van der Waals surface area (Å²) in [5.74, 6) is -1.08. The highest BCUT2D eigenvalue weighted by atomic mass is 16.7. The predicted octanol–water partition coefficient (Wildman–Crippen LogP) is -8.50. The van der Waals surface area contributed by atoms with E-state index in [0.29, 0.717) is 0 Å².